The molecule has 0 aromatic heterocycles. The summed E-state index contributed by atoms with van der Waals surface area (Å²) in [6, 6.07) is 12.0. The number of likely N-dealkylation sites (tertiary alicyclic amines) is 1. The largest absolute Gasteiger partial charge is 0.492 e. The number of nitrogens with zero attached hydrogens (tertiary/aromatic N) is 1. The van der Waals surface area contributed by atoms with Crippen LogP contribution in [0.25, 0.3) is 5.57 Å². The zero-order valence-electron chi connectivity index (χ0n) is 21.2. The molecule has 1 unspecified atom stereocenters. The van der Waals surface area contributed by atoms with Crippen molar-refractivity contribution >= 4 is 11.5 Å². The van der Waals surface area contributed by atoms with Crippen LogP contribution < -0.4 is 14.2 Å². The summed E-state index contributed by atoms with van der Waals surface area (Å²) < 4.78 is 30.3. The minimum Gasteiger partial charge on any atom is -0.492 e. The summed E-state index contributed by atoms with van der Waals surface area (Å²) in [5.74, 6) is 1.83. The lowest BCUT2D eigenvalue weighted by molar-refractivity contribution is -0.143. The van der Waals surface area contributed by atoms with E-state index in [1.165, 1.54) is 0 Å². The number of benzene rings is 2. The molecule has 0 amide bonds. The molecule has 0 radical (unpaired) electrons. The minimum atomic E-state index is -0.583. The highest BCUT2D eigenvalue weighted by Crippen LogP contribution is 2.39. The van der Waals surface area contributed by atoms with Crippen LogP contribution in [0.15, 0.2) is 42.5 Å². The van der Waals surface area contributed by atoms with Gasteiger partial charge in [-0.25, -0.2) is 0 Å². The van der Waals surface area contributed by atoms with Crippen LogP contribution in [0.1, 0.15) is 56.7 Å². The minimum absolute atomic E-state index is 0.142. The van der Waals surface area contributed by atoms with Crippen molar-refractivity contribution in [3.63, 3.8) is 0 Å². The first-order valence-corrected chi connectivity index (χ1v) is 12.5. The second-order valence-corrected chi connectivity index (χ2v) is 10.4. The summed E-state index contributed by atoms with van der Waals surface area (Å²) in [5.41, 5.74) is 3.47. The monoisotopic (exact) mass is 481 g/mol. The molecule has 2 aromatic carbocycles. The molecule has 4 rings (SSSR count). The number of fused-ring (bicyclic) bond motifs is 1. The predicted octanol–water partition coefficient (Wildman–Crippen LogP) is 5.97. The van der Waals surface area contributed by atoms with Gasteiger partial charge in [-0.1, -0.05) is 18.2 Å². The average molecular weight is 482 g/mol. The Morgan fingerprint density at radius 3 is 2.69 bits per heavy atom. The summed E-state index contributed by atoms with van der Waals surface area (Å²) in [6.45, 7) is 10.4. The van der Waals surface area contributed by atoms with Gasteiger partial charge in [0.1, 0.15) is 23.4 Å². The van der Waals surface area contributed by atoms with Crippen molar-refractivity contribution < 1.29 is 23.4 Å². The molecule has 2 heterocycles. The summed E-state index contributed by atoms with van der Waals surface area (Å²) in [7, 11) is 0. The van der Waals surface area contributed by atoms with E-state index in [-0.39, 0.29) is 18.7 Å². The van der Waals surface area contributed by atoms with Crippen LogP contribution in [0, 0.1) is 12.3 Å². The molecule has 0 bridgehead atoms. The highest BCUT2D eigenvalue weighted by atomic mass is 19.1. The number of carbonyl (C=O) groups excluding carboxylic acids is 1. The molecule has 0 spiro atoms. The smallest absolute Gasteiger partial charge is 0.316 e. The van der Waals surface area contributed by atoms with E-state index in [0.717, 1.165) is 66.2 Å². The fourth-order valence-corrected chi connectivity index (χ4v) is 4.40. The highest BCUT2D eigenvalue weighted by Gasteiger charge is 2.26. The maximum absolute atomic E-state index is 12.4. The topological polar surface area (TPSA) is 48.0 Å². The summed E-state index contributed by atoms with van der Waals surface area (Å²) in [5, 5.41) is 0. The van der Waals surface area contributed by atoms with E-state index in [9.17, 15) is 9.18 Å². The van der Waals surface area contributed by atoms with Crippen LogP contribution >= 0.6 is 0 Å². The molecule has 0 saturated carbocycles. The number of rotatable bonds is 7. The lowest BCUT2D eigenvalue weighted by Crippen LogP contribution is -2.26. The number of halogens is 1. The van der Waals surface area contributed by atoms with Crippen molar-refractivity contribution in [1.29, 1.82) is 0 Å². The molecule has 0 N–H and O–H groups in total. The summed E-state index contributed by atoms with van der Waals surface area (Å²) in [6.07, 6.45) is 4.67. The van der Waals surface area contributed by atoms with Gasteiger partial charge < -0.3 is 14.2 Å². The third-order valence-corrected chi connectivity index (χ3v) is 6.41. The standard InChI is InChI=1S/C29H36FNO4/c1-20-17-25-24(7-5-16-33-27(25)18-26(20)35-28(32)29(2,3)4)21-8-10-22(11-9-21)34-23-12-15-31(19-23)14-6-13-30/h7-11,17-18,23H,5-6,12-16,19H2,1-4H3. The molecular formula is C29H36FNO4. The van der Waals surface area contributed by atoms with Gasteiger partial charge in [-0.05, 0) is 75.4 Å². The Morgan fingerprint density at radius 2 is 1.97 bits per heavy atom. The van der Waals surface area contributed by atoms with Crippen LogP contribution in [0.2, 0.25) is 0 Å². The maximum Gasteiger partial charge on any atom is 0.316 e. The van der Waals surface area contributed by atoms with E-state index in [1.54, 1.807) is 0 Å². The van der Waals surface area contributed by atoms with Gasteiger partial charge in [0.05, 0.1) is 18.7 Å². The number of ether oxygens (including phenoxy) is 3. The predicted molar refractivity (Wildman–Crippen MR) is 136 cm³/mol. The van der Waals surface area contributed by atoms with Gasteiger partial charge in [-0.3, -0.25) is 14.1 Å². The molecule has 0 aliphatic carbocycles. The first kappa shape index (κ1) is 25.2. The van der Waals surface area contributed by atoms with E-state index in [2.05, 4.69) is 23.1 Å². The molecule has 2 aromatic rings. The van der Waals surface area contributed by atoms with Crippen molar-refractivity contribution in [3.05, 3.63) is 59.2 Å². The van der Waals surface area contributed by atoms with Gasteiger partial charge in [0.15, 0.2) is 0 Å². The lowest BCUT2D eigenvalue weighted by Gasteiger charge is -2.20. The van der Waals surface area contributed by atoms with Crippen molar-refractivity contribution in [1.82, 2.24) is 4.90 Å². The molecular weight excluding hydrogens is 445 g/mol. The summed E-state index contributed by atoms with van der Waals surface area (Å²) in [4.78, 5) is 14.7. The highest BCUT2D eigenvalue weighted by molar-refractivity contribution is 5.85. The molecule has 5 nitrogen and oxygen atoms in total. The van der Waals surface area contributed by atoms with E-state index >= 15 is 0 Å². The number of hydrogen-bond donors (Lipinski definition) is 0. The van der Waals surface area contributed by atoms with Gasteiger partial charge in [0, 0.05) is 37.7 Å². The number of alkyl halides is 1. The first-order valence-electron chi connectivity index (χ1n) is 12.5. The fourth-order valence-electron chi connectivity index (χ4n) is 4.40. The van der Waals surface area contributed by atoms with Crippen LogP contribution in [0.3, 0.4) is 0 Å². The maximum atomic E-state index is 12.4. The van der Waals surface area contributed by atoms with Gasteiger partial charge in [-0.15, -0.1) is 0 Å². The van der Waals surface area contributed by atoms with Crippen molar-refractivity contribution in [2.75, 3.05) is 32.9 Å². The Bertz CT molecular complexity index is 1070. The van der Waals surface area contributed by atoms with Crippen molar-refractivity contribution in [2.24, 2.45) is 5.41 Å². The second-order valence-electron chi connectivity index (χ2n) is 10.4. The molecule has 2 aliphatic heterocycles. The van der Waals surface area contributed by atoms with Crippen LogP contribution in [0.5, 0.6) is 17.2 Å². The average Bonchev–Trinajstić information content (AvgIpc) is 3.16. The number of carbonyl (C=O) groups is 1. The quantitative estimate of drug-likeness (QED) is 0.360. The molecule has 1 atom stereocenters. The zero-order chi connectivity index (χ0) is 25.0. The van der Waals surface area contributed by atoms with Gasteiger partial charge >= 0.3 is 5.97 Å². The Balaban J connectivity index is 1.49. The van der Waals surface area contributed by atoms with E-state index in [1.807, 2.05) is 52.0 Å². The van der Waals surface area contributed by atoms with Gasteiger partial charge in [0.25, 0.3) is 0 Å². The van der Waals surface area contributed by atoms with Crippen molar-refractivity contribution in [3.8, 4) is 17.2 Å². The van der Waals surface area contributed by atoms with Crippen molar-refractivity contribution in [2.45, 2.75) is 53.1 Å². The van der Waals surface area contributed by atoms with E-state index < -0.39 is 5.41 Å². The Morgan fingerprint density at radius 1 is 1.20 bits per heavy atom. The fraction of sp³-hybridized carbons (Fsp3) is 0.483. The van der Waals surface area contributed by atoms with Crippen LogP contribution in [0.4, 0.5) is 4.39 Å². The number of hydrogen-bond acceptors (Lipinski definition) is 5. The molecule has 188 valence electrons. The SMILES string of the molecule is Cc1cc2c(cc1OC(=O)C(C)(C)C)OCCC=C2c1ccc(OC2CCN(CCCF)C2)cc1. The molecule has 1 fully saturated rings. The van der Waals surface area contributed by atoms with Gasteiger partial charge in [-0.2, -0.15) is 0 Å². The van der Waals surface area contributed by atoms with Crippen LogP contribution in [-0.4, -0.2) is 49.9 Å². The number of aryl methyl sites for hydroxylation is 1. The normalized spacial score (nSPS) is 18.3. The zero-order valence-corrected chi connectivity index (χ0v) is 21.2. The Kier molecular flexibility index (Phi) is 7.80. The molecule has 6 heteroatoms. The molecule has 1 saturated heterocycles. The Hall–Kier alpha value is -2.86. The first-order chi connectivity index (χ1) is 16.7. The molecule has 35 heavy (non-hydrogen) atoms. The second kappa shape index (κ2) is 10.8. The molecule has 2 aliphatic rings. The Labute approximate surface area is 207 Å². The lowest BCUT2D eigenvalue weighted by atomic mass is 9.94. The van der Waals surface area contributed by atoms with E-state index in [4.69, 9.17) is 14.2 Å². The van der Waals surface area contributed by atoms with E-state index in [0.29, 0.717) is 18.8 Å². The number of esters is 1. The third kappa shape index (κ3) is 6.23. The summed E-state index contributed by atoms with van der Waals surface area (Å²) >= 11 is 0. The third-order valence-electron chi connectivity index (χ3n) is 6.41. The van der Waals surface area contributed by atoms with Crippen LogP contribution in [-0.2, 0) is 4.79 Å². The van der Waals surface area contributed by atoms with Gasteiger partial charge in [0.2, 0.25) is 0 Å².